The first kappa shape index (κ1) is 21.7. The second-order valence-electron chi connectivity index (χ2n) is 4.37. The summed E-state index contributed by atoms with van der Waals surface area (Å²) in [7, 11) is 0. The van der Waals surface area contributed by atoms with E-state index in [4.69, 9.17) is 28.4 Å². The Hall–Kier alpha value is -0.280. The Bertz CT molecular complexity index is 175. The normalized spacial score (nSPS) is 11.5. The van der Waals surface area contributed by atoms with Crippen LogP contribution in [-0.4, -0.2) is 84.6 Å². The van der Waals surface area contributed by atoms with E-state index in [1.807, 2.05) is 25.7 Å². The van der Waals surface area contributed by atoms with Crippen molar-refractivity contribution in [2.45, 2.75) is 20.8 Å². The minimum Gasteiger partial charge on any atom is -0.379 e. The highest BCUT2D eigenvalue weighted by atomic mass is 16.6. The van der Waals surface area contributed by atoms with Crippen molar-refractivity contribution >= 4 is 0 Å². The van der Waals surface area contributed by atoms with Crippen molar-refractivity contribution in [3.8, 4) is 0 Å². The van der Waals surface area contributed by atoms with Crippen LogP contribution in [0.15, 0.2) is 0 Å². The van der Waals surface area contributed by atoms with E-state index in [0.29, 0.717) is 79.7 Å². The van der Waals surface area contributed by atoms with Gasteiger partial charge in [-0.05, 0) is 20.8 Å². The second-order valence-corrected chi connectivity index (χ2v) is 4.37. The van der Waals surface area contributed by atoms with Gasteiger partial charge in [0.1, 0.15) is 20.2 Å². The van der Waals surface area contributed by atoms with Crippen molar-refractivity contribution in [1.82, 2.24) is 4.90 Å². The molecule has 0 spiro atoms. The lowest BCUT2D eigenvalue weighted by Gasteiger charge is -2.22. The van der Waals surface area contributed by atoms with Crippen LogP contribution in [0.4, 0.5) is 0 Å². The summed E-state index contributed by atoms with van der Waals surface area (Å²) < 4.78 is 32.3. The molecular formula is C15H33NO6. The van der Waals surface area contributed by atoms with Crippen molar-refractivity contribution in [3.05, 3.63) is 0 Å². The Labute approximate surface area is 134 Å². The van der Waals surface area contributed by atoms with Crippen LogP contribution in [0.3, 0.4) is 0 Å². The second kappa shape index (κ2) is 18.8. The first-order chi connectivity index (χ1) is 10.8. The Balaban J connectivity index is 3.72. The van der Waals surface area contributed by atoms with Crippen LogP contribution < -0.4 is 0 Å². The van der Waals surface area contributed by atoms with Crippen molar-refractivity contribution < 1.29 is 28.4 Å². The van der Waals surface area contributed by atoms with E-state index in [1.165, 1.54) is 0 Å². The van der Waals surface area contributed by atoms with E-state index in [1.54, 1.807) is 0 Å². The van der Waals surface area contributed by atoms with Crippen LogP contribution in [0.5, 0.6) is 0 Å². The molecule has 0 amide bonds. The predicted octanol–water partition coefficient (Wildman–Crippen LogP) is 1.32. The summed E-state index contributed by atoms with van der Waals surface area (Å²) in [6, 6.07) is 0. The van der Waals surface area contributed by atoms with Gasteiger partial charge in [-0.15, -0.1) is 0 Å². The minimum absolute atomic E-state index is 0.441. The molecule has 0 N–H and O–H groups in total. The van der Waals surface area contributed by atoms with Gasteiger partial charge in [-0.1, -0.05) is 0 Å². The van der Waals surface area contributed by atoms with Gasteiger partial charge in [0.25, 0.3) is 0 Å². The molecule has 0 atom stereocenters. The maximum Gasteiger partial charge on any atom is 0.103 e. The summed E-state index contributed by atoms with van der Waals surface area (Å²) in [5.74, 6) is 0. The standard InChI is InChI=1S/C15H33NO6/c1-4-17-7-10-20-13-16(14-21-11-8-18-5-2)15-22-12-9-19-6-3/h4-15H2,1-3H3. The molecule has 0 aliphatic heterocycles. The highest BCUT2D eigenvalue weighted by Gasteiger charge is 2.05. The number of hydrogen-bond acceptors (Lipinski definition) is 7. The monoisotopic (exact) mass is 323 g/mol. The SMILES string of the molecule is CCOCCOCN(COCCOCC)COCCOCC. The summed E-state index contributed by atoms with van der Waals surface area (Å²) in [5.41, 5.74) is 0. The summed E-state index contributed by atoms with van der Waals surface area (Å²) in [5, 5.41) is 0. The first-order valence-corrected chi connectivity index (χ1v) is 8.03. The molecule has 0 radical (unpaired) electrons. The fraction of sp³-hybridized carbons (Fsp3) is 1.00. The molecule has 0 fully saturated rings. The molecular weight excluding hydrogens is 290 g/mol. The smallest absolute Gasteiger partial charge is 0.103 e. The molecule has 0 bridgehead atoms. The van der Waals surface area contributed by atoms with E-state index in [2.05, 4.69) is 0 Å². The predicted molar refractivity (Wildman–Crippen MR) is 83.8 cm³/mol. The molecule has 22 heavy (non-hydrogen) atoms. The lowest BCUT2D eigenvalue weighted by Crippen LogP contribution is -2.33. The number of nitrogens with zero attached hydrogens (tertiary/aromatic N) is 1. The molecule has 0 heterocycles. The van der Waals surface area contributed by atoms with Crippen molar-refractivity contribution in [2.24, 2.45) is 0 Å². The van der Waals surface area contributed by atoms with E-state index in [-0.39, 0.29) is 0 Å². The van der Waals surface area contributed by atoms with Crippen molar-refractivity contribution in [3.63, 3.8) is 0 Å². The maximum absolute atomic E-state index is 5.53. The Kier molecular flexibility index (Phi) is 18.5. The van der Waals surface area contributed by atoms with E-state index in [0.717, 1.165) is 0 Å². The number of rotatable bonds is 18. The van der Waals surface area contributed by atoms with Crippen LogP contribution in [0.25, 0.3) is 0 Å². The van der Waals surface area contributed by atoms with Gasteiger partial charge in [-0.2, -0.15) is 0 Å². The lowest BCUT2D eigenvalue weighted by molar-refractivity contribution is -0.112. The fourth-order valence-corrected chi connectivity index (χ4v) is 1.48. The quantitative estimate of drug-likeness (QED) is 0.278. The highest BCUT2D eigenvalue weighted by Crippen LogP contribution is 1.93. The third kappa shape index (κ3) is 16.1. The number of hydrogen-bond donors (Lipinski definition) is 0. The molecule has 7 nitrogen and oxygen atoms in total. The van der Waals surface area contributed by atoms with E-state index in [9.17, 15) is 0 Å². The highest BCUT2D eigenvalue weighted by molar-refractivity contribution is 4.41. The zero-order chi connectivity index (χ0) is 16.3. The molecule has 0 aromatic rings. The molecule has 0 unspecified atom stereocenters. The third-order valence-electron chi connectivity index (χ3n) is 2.55. The van der Waals surface area contributed by atoms with E-state index >= 15 is 0 Å². The summed E-state index contributed by atoms with van der Waals surface area (Å²) in [6.45, 7) is 12.8. The largest absolute Gasteiger partial charge is 0.379 e. The molecule has 0 aromatic carbocycles. The molecule has 0 aliphatic carbocycles. The van der Waals surface area contributed by atoms with Crippen LogP contribution in [0, 0.1) is 0 Å². The van der Waals surface area contributed by atoms with Gasteiger partial charge >= 0.3 is 0 Å². The van der Waals surface area contributed by atoms with E-state index < -0.39 is 0 Å². The van der Waals surface area contributed by atoms with Gasteiger partial charge in [-0.25, -0.2) is 4.90 Å². The molecule has 0 rings (SSSR count). The van der Waals surface area contributed by atoms with Crippen LogP contribution in [0.2, 0.25) is 0 Å². The summed E-state index contributed by atoms with van der Waals surface area (Å²) in [6.07, 6.45) is 0. The third-order valence-corrected chi connectivity index (χ3v) is 2.55. The molecule has 134 valence electrons. The Morgan fingerprint density at radius 3 is 1.00 bits per heavy atom. The molecule has 0 saturated heterocycles. The lowest BCUT2D eigenvalue weighted by atomic mass is 10.7. The number of ether oxygens (including phenoxy) is 6. The van der Waals surface area contributed by atoms with Crippen LogP contribution >= 0.6 is 0 Å². The van der Waals surface area contributed by atoms with Gasteiger partial charge in [0.2, 0.25) is 0 Å². The Morgan fingerprint density at radius 1 is 0.455 bits per heavy atom. The average molecular weight is 323 g/mol. The Morgan fingerprint density at radius 2 is 0.727 bits per heavy atom. The van der Waals surface area contributed by atoms with Crippen LogP contribution in [-0.2, 0) is 28.4 Å². The summed E-state index contributed by atoms with van der Waals surface area (Å²) >= 11 is 0. The molecule has 7 heteroatoms. The van der Waals surface area contributed by atoms with Gasteiger partial charge in [0.05, 0.1) is 39.6 Å². The van der Waals surface area contributed by atoms with Gasteiger partial charge in [-0.3, -0.25) is 0 Å². The average Bonchev–Trinajstić information content (AvgIpc) is 2.53. The molecule has 0 aliphatic rings. The first-order valence-electron chi connectivity index (χ1n) is 8.03. The van der Waals surface area contributed by atoms with Gasteiger partial charge in [0, 0.05) is 19.8 Å². The molecule has 0 saturated carbocycles. The zero-order valence-electron chi connectivity index (χ0n) is 14.4. The van der Waals surface area contributed by atoms with Gasteiger partial charge in [0.15, 0.2) is 0 Å². The maximum atomic E-state index is 5.53. The minimum atomic E-state index is 0.441. The van der Waals surface area contributed by atoms with Crippen LogP contribution in [0.1, 0.15) is 20.8 Å². The topological polar surface area (TPSA) is 58.6 Å². The van der Waals surface area contributed by atoms with Crippen molar-refractivity contribution in [1.29, 1.82) is 0 Å². The zero-order valence-corrected chi connectivity index (χ0v) is 14.4. The molecule has 0 aromatic heterocycles. The summed E-state index contributed by atoms with van der Waals surface area (Å²) in [4.78, 5) is 1.93. The van der Waals surface area contributed by atoms with Crippen molar-refractivity contribution in [2.75, 3.05) is 79.7 Å². The van der Waals surface area contributed by atoms with Gasteiger partial charge < -0.3 is 28.4 Å². The fourth-order valence-electron chi connectivity index (χ4n) is 1.48.